The largest absolute Gasteiger partial charge is 0.304 e. The summed E-state index contributed by atoms with van der Waals surface area (Å²) in [6.07, 6.45) is 3.14. The lowest BCUT2D eigenvalue weighted by molar-refractivity contribution is -0.384. The summed E-state index contributed by atoms with van der Waals surface area (Å²) in [5.74, 6) is -0.164. The molecule has 0 aliphatic carbocycles. The second kappa shape index (κ2) is 8.58. The highest BCUT2D eigenvalue weighted by Crippen LogP contribution is 2.18. The van der Waals surface area contributed by atoms with Crippen LogP contribution in [-0.2, 0) is 11.3 Å². The van der Waals surface area contributed by atoms with Crippen LogP contribution in [0.5, 0.6) is 0 Å². The van der Waals surface area contributed by atoms with Crippen molar-refractivity contribution in [1.82, 2.24) is 0 Å². The van der Waals surface area contributed by atoms with Crippen molar-refractivity contribution in [3.8, 4) is 0 Å². The Morgan fingerprint density at radius 1 is 0.889 bits per heavy atom. The van der Waals surface area contributed by atoms with E-state index in [4.69, 9.17) is 0 Å². The fraction of sp³-hybridized carbons (Fsp3) is 0.0455. The number of carbonyl (C=O) groups is 1. The molecule has 0 heterocycles. The van der Waals surface area contributed by atoms with Crippen molar-refractivity contribution >= 4 is 23.4 Å². The minimum atomic E-state index is -0.449. The van der Waals surface area contributed by atoms with Crippen molar-refractivity contribution in [3.05, 3.63) is 112 Å². The minimum absolute atomic E-state index is 0.0217. The highest BCUT2D eigenvalue weighted by atomic mass is 16.6. The van der Waals surface area contributed by atoms with E-state index in [1.54, 1.807) is 23.1 Å². The fourth-order valence-corrected chi connectivity index (χ4v) is 2.64. The molecule has 134 valence electrons. The van der Waals surface area contributed by atoms with E-state index in [9.17, 15) is 14.9 Å². The summed E-state index contributed by atoms with van der Waals surface area (Å²) in [5, 5.41) is 10.7. The topological polar surface area (TPSA) is 63.4 Å². The first-order valence-corrected chi connectivity index (χ1v) is 8.46. The standard InChI is InChI=1S/C22H18N2O3/c25-22(16-13-18-11-14-21(15-12-18)24(26)27)23(20-9-5-2-6-10-20)17-19-7-3-1-4-8-19/h1-16H,17H2/b16-13+. The molecule has 0 aliphatic heterocycles. The van der Waals surface area contributed by atoms with E-state index in [0.29, 0.717) is 6.54 Å². The van der Waals surface area contributed by atoms with Crippen LogP contribution in [0.25, 0.3) is 6.08 Å². The summed E-state index contributed by atoms with van der Waals surface area (Å²) in [7, 11) is 0. The predicted octanol–water partition coefficient (Wildman–Crippen LogP) is 4.84. The number of nitro groups is 1. The molecule has 0 radical (unpaired) electrons. The van der Waals surface area contributed by atoms with Crippen LogP contribution in [0.15, 0.2) is 91.0 Å². The Bertz CT molecular complexity index is 936. The summed E-state index contributed by atoms with van der Waals surface area (Å²) in [6.45, 7) is 0.453. The van der Waals surface area contributed by atoms with Crippen LogP contribution in [0.1, 0.15) is 11.1 Å². The van der Waals surface area contributed by atoms with Gasteiger partial charge in [0.15, 0.2) is 0 Å². The highest BCUT2D eigenvalue weighted by Gasteiger charge is 2.13. The molecule has 0 aliphatic rings. The van der Waals surface area contributed by atoms with E-state index in [2.05, 4.69) is 0 Å². The van der Waals surface area contributed by atoms with Gasteiger partial charge in [0.25, 0.3) is 11.6 Å². The minimum Gasteiger partial charge on any atom is -0.304 e. The summed E-state index contributed by atoms with van der Waals surface area (Å²) >= 11 is 0. The molecule has 0 unspecified atom stereocenters. The third kappa shape index (κ3) is 4.89. The number of hydrogen-bond acceptors (Lipinski definition) is 3. The van der Waals surface area contributed by atoms with E-state index >= 15 is 0 Å². The van der Waals surface area contributed by atoms with Crippen molar-refractivity contribution in [3.63, 3.8) is 0 Å². The maximum absolute atomic E-state index is 12.8. The van der Waals surface area contributed by atoms with E-state index in [-0.39, 0.29) is 11.6 Å². The molecule has 0 bridgehead atoms. The monoisotopic (exact) mass is 358 g/mol. The van der Waals surface area contributed by atoms with Crippen molar-refractivity contribution < 1.29 is 9.72 Å². The maximum atomic E-state index is 12.8. The number of anilines is 1. The summed E-state index contributed by atoms with van der Waals surface area (Å²) in [6, 6.07) is 25.3. The van der Waals surface area contributed by atoms with Crippen LogP contribution < -0.4 is 4.90 Å². The van der Waals surface area contributed by atoms with E-state index in [1.807, 2.05) is 60.7 Å². The Morgan fingerprint density at radius 3 is 2.07 bits per heavy atom. The Kier molecular flexibility index (Phi) is 5.74. The zero-order chi connectivity index (χ0) is 19.1. The van der Waals surface area contributed by atoms with Crippen molar-refractivity contribution in [1.29, 1.82) is 0 Å². The van der Waals surface area contributed by atoms with E-state index in [0.717, 1.165) is 16.8 Å². The second-order valence-electron chi connectivity index (χ2n) is 5.93. The van der Waals surface area contributed by atoms with Crippen LogP contribution in [0.3, 0.4) is 0 Å². The maximum Gasteiger partial charge on any atom is 0.269 e. The number of amides is 1. The molecule has 0 N–H and O–H groups in total. The van der Waals surface area contributed by atoms with Gasteiger partial charge in [0.1, 0.15) is 0 Å². The number of rotatable bonds is 6. The van der Waals surface area contributed by atoms with Gasteiger partial charge >= 0.3 is 0 Å². The predicted molar refractivity (Wildman–Crippen MR) is 106 cm³/mol. The lowest BCUT2D eigenvalue weighted by Crippen LogP contribution is -2.28. The van der Waals surface area contributed by atoms with Crippen LogP contribution in [-0.4, -0.2) is 10.8 Å². The van der Waals surface area contributed by atoms with E-state index < -0.39 is 4.92 Å². The Hall–Kier alpha value is -3.73. The lowest BCUT2D eigenvalue weighted by Gasteiger charge is -2.21. The van der Waals surface area contributed by atoms with Gasteiger partial charge in [0, 0.05) is 23.9 Å². The zero-order valence-electron chi connectivity index (χ0n) is 14.6. The number of non-ortho nitro benzene ring substituents is 1. The van der Waals surface area contributed by atoms with Gasteiger partial charge < -0.3 is 4.90 Å². The number of benzene rings is 3. The first-order chi connectivity index (χ1) is 13.1. The van der Waals surface area contributed by atoms with Gasteiger partial charge in [-0.3, -0.25) is 14.9 Å². The zero-order valence-corrected chi connectivity index (χ0v) is 14.6. The number of para-hydroxylation sites is 1. The van der Waals surface area contributed by atoms with Gasteiger partial charge in [-0.1, -0.05) is 48.5 Å². The Labute approximate surface area is 157 Å². The molecule has 0 saturated heterocycles. The van der Waals surface area contributed by atoms with Crippen LogP contribution in [0, 0.1) is 10.1 Å². The second-order valence-corrected chi connectivity index (χ2v) is 5.93. The van der Waals surface area contributed by atoms with Gasteiger partial charge in [-0.25, -0.2) is 0 Å². The molecule has 0 fully saturated rings. The first-order valence-electron chi connectivity index (χ1n) is 8.46. The number of nitrogens with zero attached hydrogens (tertiary/aromatic N) is 2. The summed E-state index contributed by atoms with van der Waals surface area (Å²) in [4.78, 5) is 24.8. The molecule has 0 spiro atoms. The van der Waals surface area contributed by atoms with Gasteiger partial charge in [0.2, 0.25) is 0 Å². The van der Waals surface area contributed by atoms with Gasteiger partial charge in [-0.2, -0.15) is 0 Å². The van der Waals surface area contributed by atoms with Gasteiger partial charge in [-0.05, 0) is 41.5 Å². The number of carbonyl (C=O) groups excluding carboxylic acids is 1. The van der Waals surface area contributed by atoms with Crippen LogP contribution >= 0.6 is 0 Å². The smallest absolute Gasteiger partial charge is 0.269 e. The Morgan fingerprint density at radius 2 is 1.48 bits per heavy atom. The van der Waals surface area contributed by atoms with Gasteiger partial charge in [0.05, 0.1) is 11.5 Å². The lowest BCUT2D eigenvalue weighted by atomic mass is 10.1. The molecule has 0 aromatic heterocycles. The van der Waals surface area contributed by atoms with Gasteiger partial charge in [-0.15, -0.1) is 0 Å². The van der Waals surface area contributed by atoms with Crippen molar-refractivity contribution in [2.75, 3.05) is 4.90 Å². The average molecular weight is 358 g/mol. The quantitative estimate of drug-likeness (QED) is 0.360. The normalized spacial score (nSPS) is 10.7. The number of hydrogen-bond donors (Lipinski definition) is 0. The molecular weight excluding hydrogens is 340 g/mol. The number of nitro benzene ring substituents is 1. The molecule has 3 aromatic rings. The molecule has 0 saturated carbocycles. The first kappa shape index (κ1) is 18.1. The summed E-state index contributed by atoms with van der Waals surface area (Å²) < 4.78 is 0. The molecule has 3 aromatic carbocycles. The van der Waals surface area contributed by atoms with Crippen LogP contribution in [0.4, 0.5) is 11.4 Å². The van der Waals surface area contributed by atoms with Crippen molar-refractivity contribution in [2.24, 2.45) is 0 Å². The molecule has 3 rings (SSSR count). The average Bonchev–Trinajstić information content (AvgIpc) is 2.72. The molecule has 27 heavy (non-hydrogen) atoms. The Balaban J connectivity index is 1.81. The van der Waals surface area contributed by atoms with E-state index in [1.165, 1.54) is 18.2 Å². The molecule has 0 atom stereocenters. The third-order valence-corrected chi connectivity index (χ3v) is 4.04. The molecule has 5 heteroatoms. The fourth-order valence-electron chi connectivity index (χ4n) is 2.64. The third-order valence-electron chi connectivity index (χ3n) is 4.04. The van der Waals surface area contributed by atoms with Crippen molar-refractivity contribution in [2.45, 2.75) is 6.54 Å². The molecule has 1 amide bonds. The highest BCUT2D eigenvalue weighted by molar-refractivity contribution is 6.03. The summed E-state index contributed by atoms with van der Waals surface area (Å²) in [5.41, 5.74) is 2.58. The van der Waals surface area contributed by atoms with Crippen LogP contribution in [0.2, 0.25) is 0 Å². The molecular formula is C22H18N2O3. The SMILES string of the molecule is O=C(/C=C/c1ccc([N+](=O)[O-])cc1)N(Cc1ccccc1)c1ccccc1. The molecule has 5 nitrogen and oxygen atoms in total.